The molecular formula is C9H10N4O2. The van der Waals surface area contributed by atoms with Gasteiger partial charge in [-0.25, -0.2) is 9.97 Å². The standard InChI is InChI=1S/C9H10N4O2/c1-10-8(14)7-12-5-3-4-11-9(15-2)6(5)13-7/h3-4H,1-2H3,(H,10,14)(H,12,13). The molecule has 15 heavy (non-hydrogen) atoms. The molecule has 2 rings (SSSR count). The number of amides is 1. The molecular weight excluding hydrogens is 196 g/mol. The quantitative estimate of drug-likeness (QED) is 0.741. The summed E-state index contributed by atoms with van der Waals surface area (Å²) in [6, 6.07) is 1.73. The third-order valence-corrected chi connectivity index (χ3v) is 2.00. The van der Waals surface area contributed by atoms with Crippen molar-refractivity contribution in [2.24, 2.45) is 0 Å². The molecule has 2 aromatic heterocycles. The van der Waals surface area contributed by atoms with E-state index in [1.165, 1.54) is 7.11 Å². The summed E-state index contributed by atoms with van der Waals surface area (Å²) in [5.41, 5.74) is 1.28. The van der Waals surface area contributed by atoms with Gasteiger partial charge in [-0.3, -0.25) is 4.79 Å². The molecule has 0 saturated heterocycles. The molecule has 0 aliphatic rings. The number of carbonyl (C=O) groups is 1. The van der Waals surface area contributed by atoms with Crippen LogP contribution in [0.15, 0.2) is 12.3 Å². The lowest BCUT2D eigenvalue weighted by molar-refractivity contribution is 0.0954. The zero-order valence-electron chi connectivity index (χ0n) is 8.37. The van der Waals surface area contributed by atoms with Crippen molar-refractivity contribution >= 4 is 16.9 Å². The Labute approximate surface area is 85.7 Å². The summed E-state index contributed by atoms with van der Waals surface area (Å²) in [6.07, 6.45) is 1.59. The van der Waals surface area contributed by atoms with Crippen LogP contribution in [-0.2, 0) is 0 Å². The van der Waals surface area contributed by atoms with E-state index in [2.05, 4.69) is 20.3 Å². The maximum absolute atomic E-state index is 11.3. The van der Waals surface area contributed by atoms with E-state index in [0.29, 0.717) is 11.4 Å². The van der Waals surface area contributed by atoms with Gasteiger partial charge in [0.1, 0.15) is 0 Å². The number of hydrogen-bond acceptors (Lipinski definition) is 4. The molecule has 2 aromatic rings. The van der Waals surface area contributed by atoms with E-state index < -0.39 is 0 Å². The van der Waals surface area contributed by atoms with Crippen LogP contribution in [-0.4, -0.2) is 35.0 Å². The van der Waals surface area contributed by atoms with Crippen LogP contribution in [0.4, 0.5) is 0 Å². The number of aromatic amines is 1. The van der Waals surface area contributed by atoms with Gasteiger partial charge in [-0.15, -0.1) is 0 Å². The number of H-pyrrole nitrogens is 1. The zero-order chi connectivity index (χ0) is 10.8. The normalized spacial score (nSPS) is 10.3. The molecule has 6 nitrogen and oxygen atoms in total. The van der Waals surface area contributed by atoms with Crippen molar-refractivity contribution in [3.05, 3.63) is 18.1 Å². The Bertz CT molecular complexity index is 506. The van der Waals surface area contributed by atoms with Crippen molar-refractivity contribution in [3.8, 4) is 5.88 Å². The van der Waals surface area contributed by atoms with E-state index in [-0.39, 0.29) is 11.7 Å². The van der Waals surface area contributed by atoms with Crippen molar-refractivity contribution < 1.29 is 9.53 Å². The van der Waals surface area contributed by atoms with Crippen LogP contribution in [0.3, 0.4) is 0 Å². The Morgan fingerprint density at radius 3 is 3.07 bits per heavy atom. The number of imidazole rings is 1. The second kappa shape index (κ2) is 3.56. The third-order valence-electron chi connectivity index (χ3n) is 2.00. The van der Waals surface area contributed by atoms with E-state index in [9.17, 15) is 4.79 Å². The highest BCUT2D eigenvalue weighted by molar-refractivity contribution is 5.94. The largest absolute Gasteiger partial charge is 0.479 e. The van der Waals surface area contributed by atoms with Gasteiger partial charge >= 0.3 is 0 Å². The summed E-state index contributed by atoms with van der Waals surface area (Å²) in [7, 11) is 3.06. The highest BCUT2D eigenvalue weighted by atomic mass is 16.5. The van der Waals surface area contributed by atoms with Crippen LogP contribution in [0.5, 0.6) is 5.88 Å². The SMILES string of the molecule is CNC(=O)c1nc2c(OC)nccc2[nH]1. The number of aromatic nitrogens is 3. The summed E-state index contributed by atoms with van der Waals surface area (Å²) in [5.74, 6) is 0.381. The topological polar surface area (TPSA) is 79.9 Å². The Morgan fingerprint density at radius 2 is 2.40 bits per heavy atom. The average molecular weight is 206 g/mol. The molecule has 0 spiro atoms. The lowest BCUT2D eigenvalue weighted by Gasteiger charge is -1.96. The van der Waals surface area contributed by atoms with Gasteiger partial charge in [0.25, 0.3) is 5.91 Å². The summed E-state index contributed by atoms with van der Waals surface area (Å²) in [6.45, 7) is 0. The van der Waals surface area contributed by atoms with Gasteiger partial charge in [-0.2, -0.15) is 0 Å². The molecule has 0 aliphatic heterocycles. The lowest BCUT2D eigenvalue weighted by atomic mass is 10.4. The number of fused-ring (bicyclic) bond motifs is 1. The molecule has 2 N–H and O–H groups in total. The Kier molecular flexibility index (Phi) is 2.24. The van der Waals surface area contributed by atoms with Gasteiger partial charge in [0, 0.05) is 13.2 Å². The number of ether oxygens (including phenoxy) is 1. The van der Waals surface area contributed by atoms with Crippen LogP contribution in [0, 0.1) is 0 Å². The van der Waals surface area contributed by atoms with E-state index in [4.69, 9.17) is 4.74 Å². The van der Waals surface area contributed by atoms with Crippen LogP contribution in [0.25, 0.3) is 11.0 Å². The zero-order valence-corrected chi connectivity index (χ0v) is 8.37. The maximum Gasteiger partial charge on any atom is 0.286 e. The first-order valence-corrected chi connectivity index (χ1v) is 4.37. The average Bonchev–Trinajstić information content (AvgIpc) is 2.71. The number of pyridine rings is 1. The first-order valence-electron chi connectivity index (χ1n) is 4.37. The minimum atomic E-state index is -0.270. The highest BCUT2D eigenvalue weighted by Gasteiger charge is 2.12. The molecule has 0 unspecified atom stereocenters. The summed E-state index contributed by atoms with van der Waals surface area (Å²) < 4.78 is 5.03. The number of rotatable bonds is 2. The van der Waals surface area contributed by atoms with Crippen molar-refractivity contribution in [3.63, 3.8) is 0 Å². The molecule has 0 radical (unpaired) electrons. The van der Waals surface area contributed by atoms with E-state index >= 15 is 0 Å². The predicted molar refractivity (Wildman–Crippen MR) is 53.8 cm³/mol. The number of hydrogen-bond donors (Lipinski definition) is 2. The third kappa shape index (κ3) is 1.50. The second-order valence-electron chi connectivity index (χ2n) is 2.88. The molecule has 0 bridgehead atoms. The Balaban J connectivity index is 2.60. The van der Waals surface area contributed by atoms with E-state index in [1.54, 1.807) is 19.3 Å². The van der Waals surface area contributed by atoms with Gasteiger partial charge in [0.15, 0.2) is 11.3 Å². The van der Waals surface area contributed by atoms with Crippen LogP contribution >= 0.6 is 0 Å². The second-order valence-corrected chi connectivity index (χ2v) is 2.88. The van der Waals surface area contributed by atoms with E-state index in [0.717, 1.165) is 5.52 Å². The van der Waals surface area contributed by atoms with Gasteiger partial charge < -0.3 is 15.0 Å². The number of nitrogens with zero attached hydrogens (tertiary/aromatic N) is 2. The monoisotopic (exact) mass is 206 g/mol. The molecule has 2 heterocycles. The summed E-state index contributed by atoms with van der Waals surface area (Å²) in [5, 5.41) is 2.49. The Morgan fingerprint density at radius 1 is 1.60 bits per heavy atom. The number of methoxy groups -OCH3 is 1. The van der Waals surface area contributed by atoms with Gasteiger partial charge in [-0.05, 0) is 6.07 Å². The van der Waals surface area contributed by atoms with Crippen molar-refractivity contribution in [1.82, 2.24) is 20.3 Å². The van der Waals surface area contributed by atoms with Crippen molar-refractivity contribution in [2.45, 2.75) is 0 Å². The number of carbonyl (C=O) groups excluding carboxylic acids is 1. The summed E-state index contributed by atoms with van der Waals surface area (Å²) >= 11 is 0. The van der Waals surface area contributed by atoms with Gasteiger partial charge in [0.05, 0.1) is 12.6 Å². The van der Waals surface area contributed by atoms with Gasteiger partial charge in [0.2, 0.25) is 5.88 Å². The molecule has 1 amide bonds. The molecule has 0 atom stereocenters. The lowest BCUT2D eigenvalue weighted by Crippen LogP contribution is -2.19. The molecule has 0 saturated carbocycles. The number of nitrogens with one attached hydrogen (secondary N) is 2. The first-order chi connectivity index (χ1) is 7.26. The predicted octanol–water partition coefficient (Wildman–Crippen LogP) is 0.326. The minimum Gasteiger partial charge on any atom is -0.479 e. The highest BCUT2D eigenvalue weighted by Crippen LogP contribution is 2.19. The molecule has 0 aromatic carbocycles. The fourth-order valence-electron chi connectivity index (χ4n) is 1.29. The fourth-order valence-corrected chi connectivity index (χ4v) is 1.29. The summed E-state index contributed by atoms with van der Waals surface area (Å²) in [4.78, 5) is 22.3. The van der Waals surface area contributed by atoms with Crippen LogP contribution < -0.4 is 10.1 Å². The molecule has 0 fully saturated rings. The van der Waals surface area contributed by atoms with Gasteiger partial charge in [-0.1, -0.05) is 0 Å². The Hall–Kier alpha value is -2.11. The minimum absolute atomic E-state index is 0.249. The van der Waals surface area contributed by atoms with Crippen molar-refractivity contribution in [1.29, 1.82) is 0 Å². The smallest absolute Gasteiger partial charge is 0.286 e. The first kappa shape index (κ1) is 9.45. The van der Waals surface area contributed by atoms with Crippen molar-refractivity contribution in [2.75, 3.05) is 14.2 Å². The van der Waals surface area contributed by atoms with Crippen LogP contribution in [0.1, 0.15) is 10.6 Å². The maximum atomic E-state index is 11.3. The molecule has 78 valence electrons. The molecule has 0 aliphatic carbocycles. The molecule has 6 heteroatoms. The van der Waals surface area contributed by atoms with Crippen LogP contribution in [0.2, 0.25) is 0 Å². The van der Waals surface area contributed by atoms with E-state index in [1.807, 2.05) is 0 Å². The fraction of sp³-hybridized carbons (Fsp3) is 0.222.